The zero-order valence-corrected chi connectivity index (χ0v) is 6.17. The Morgan fingerprint density at radius 3 is 2.08 bits per heavy atom. The number of rotatable bonds is 1. The first-order valence-electron chi connectivity index (χ1n) is 3.51. The molecule has 1 rings (SSSR count). The fourth-order valence-corrected chi connectivity index (χ4v) is 1.06. The van der Waals surface area contributed by atoms with Crippen LogP contribution in [0.2, 0.25) is 0 Å². The maximum atomic E-state index is 12.0. The standard InChI is InChI=1S/C6H11FO5/c7-1-2-3(8)4(9)5(10)6(11)12-2/h2-6,8-11H,1H2/t2-,3+,4+,5+,6+/m1/s1. The summed E-state index contributed by atoms with van der Waals surface area (Å²) >= 11 is 0. The van der Waals surface area contributed by atoms with E-state index in [9.17, 15) is 4.39 Å². The zero-order valence-electron chi connectivity index (χ0n) is 6.17. The maximum absolute atomic E-state index is 12.0. The fraction of sp³-hybridized carbons (Fsp3) is 1.00. The Morgan fingerprint density at radius 1 is 1.00 bits per heavy atom. The molecule has 0 radical (unpaired) electrons. The van der Waals surface area contributed by atoms with Crippen LogP contribution >= 0.6 is 0 Å². The van der Waals surface area contributed by atoms with Crippen LogP contribution in [0.4, 0.5) is 4.39 Å². The number of halogens is 1. The molecule has 0 bridgehead atoms. The van der Waals surface area contributed by atoms with Crippen LogP contribution < -0.4 is 0 Å². The molecule has 0 amide bonds. The molecule has 1 fully saturated rings. The molecule has 4 N–H and O–H groups in total. The van der Waals surface area contributed by atoms with Gasteiger partial charge in [0.05, 0.1) is 0 Å². The largest absolute Gasteiger partial charge is 0.387 e. The Kier molecular flexibility index (Phi) is 2.97. The van der Waals surface area contributed by atoms with E-state index in [1.165, 1.54) is 0 Å². The molecule has 1 heterocycles. The Morgan fingerprint density at radius 2 is 1.58 bits per heavy atom. The number of aliphatic hydroxyl groups is 4. The summed E-state index contributed by atoms with van der Waals surface area (Å²) in [5.41, 5.74) is 0. The fourth-order valence-electron chi connectivity index (χ4n) is 1.06. The Balaban J connectivity index is 2.63. The minimum absolute atomic E-state index is 1.03. The SMILES string of the molecule is O[C@H]1[C@@H](O)[C@@H](CF)O[C@H](O)[C@H]1O. The second-order valence-corrected chi connectivity index (χ2v) is 2.69. The van der Waals surface area contributed by atoms with Gasteiger partial charge in [-0.3, -0.25) is 0 Å². The van der Waals surface area contributed by atoms with E-state index < -0.39 is 37.4 Å². The smallest absolute Gasteiger partial charge is 0.184 e. The van der Waals surface area contributed by atoms with Crippen LogP contribution in [0.1, 0.15) is 0 Å². The predicted octanol–water partition coefficient (Wildman–Crippen LogP) is -2.24. The number of hydrogen-bond donors (Lipinski definition) is 4. The zero-order chi connectivity index (χ0) is 9.30. The van der Waals surface area contributed by atoms with E-state index in [2.05, 4.69) is 4.74 Å². The normalized spacial score (nSPS) is 49.2. The molecule has 0 unspecified atom stereocenters. The number of hydrogen-bond acceptors (Lipinski definition) is 5. The first-order valence-corrected chi connectivity index (χ1v) is 3.51. The number of aliphatic hydroxyl groups excluding tert-OH is 4. The molecule has 1 aliphatic heterocycles. The first kappa shape index (κ1) is 9.82. The van der Waals surface area contributed by atoms with Crippen LogP contribution in [0, 0.1) is 0 Å². The molecule has 0 aliphatic carbocycles. The highest BCUT2D eigenvalue weighted by Gasteiger charge is 2.42. The summed E-state index contributed by atoms with van der Waals surface area (Å²) in [4.78, 5) is 0. The minimum Gasteiger partial charge on any atom is -0.387 e. The van der Waals surface area contributed by atoms with Gasteiger partial charge in [-0.25, -0.2) is 4.39 Å². The van der Waals surface area contributed by atoms with E-state index in [4.69, 9.17) is 20.4 Å². The molecule has 0 aromatic heterocycles. The number of ether oxygens (including phenoxy) is 1. The molecule has 5 atom stereocenters. The van der Waals surface area contributed by atoms with E-state index in [-0.39, 0.29) is 0 Å². The third-order valence-corrected chi connectivity index (χ3v) is 1.84. The molecule has 0 aromatic carbocycles. The maximum Gasteiger partial charge on any atom is 0.184 e. The number of alkyl halides is 1. The molecule has 0 spiro atoms. The van der Waals surface area contributed by atoms with E-state index in [1.807, 2.05) is 0 Å². The Hall–Kier alpha value is -0.270. The first-order chi connectivity index (χ1) is 5.57. The van der Waals surface area contributed by atoms with E-state index in [1.54, 1.807) is 0 Å². The molecule has 0 aromatic rings. The highest BCUT2D eigenvalue weighted by molar-refractivity contribution is 4.88. The predicted molar refractivity (Wildman–Crippen MR) is 34.9 cm³/mol. The second-order valence-electron chi connectivity index (χ2n) is 2.69. The lowest BCUT2D eigenvalue weighted by atomic mass is 10.00. The van der Waals surface area contributed by atoms with Crippen LogP contribution in [0.25, 0.3) is 0 Å². The van der Waals surface area contributed by atoms with E-state index in [0.29, 0.717) is 0 Å². The van der Waals surface area contributed by atoms with Crippen molar-refractivity contribution in [3.05, 3.63) is 0 Å². The third kappa shape index (κ3) is 1.57. The minimum atomic E-state index is -1.65. The van der Waals surface area contributed by atoms with Crippen molar-refractivity contribution < 1.29 is 29.6 Å². The van der Waals surface area contributed by atoms with Crippen LogP contribution in [0.5, 0.6) is 0 Å². The topological polar surface area (TPSA) is 90.2 Å². The van der Waals surface area contributed by atoms with Crippen LogP contribution in [0.15, 0.2) is 0 Å². The summed E-state index contributed by atoms with van der Waals surface area (Å²) in [6, 6.07) is 0. The van der Waals surface area contributed by atoms with Gasteiger partial charge in [0, 0.05) is 0 Å². The molecule has 6 heteroatoms. The van der Waals surface area contributed by atoms with Crippen molar-refractivity contribution in [2.24, 2.45) is 0 Å². The lowest BCUT2D eigenvalue weighted by Gasteiger charge is -2.37. The van der Waals surface area contributed by atoms with Gasteiger partial charge in [-0.15, -0.1) is 0 Å². The van der Waals surface area contributed by atoms with E-state index >= 15 is 0 Å². The quantitative estimate of drug-likeness (QED) is 0.368. The average molecular weight is 182 g/mol. The van der Waals surface area contributed by atoms with Crippen molar-refractivity contribution in [3.8, 4) is 0 Å². The van der Waals surface area contributed by atoms with Crippen molar-refractivity contribution in [3.63, 3.8) is 0 Å². The molecule has 1 saturated heterocycles. The van der Waals surface area contributed by atoms with Crippen molar-refractivity contribution in [1.29, 1.82) is 0 Å². The van der Waals surface area contributed by atoms with Crippen molar-refractivity contribution in [1.82, 2.24) is 0 Å². The van der Waals surface area contributed by atoms with Gasteiger partial charge in [0.15, 0.2) is 6.29 Å². The van der Waals surface area contributed by atoms with Gasteiger partial charge >= 0.3 is 0 Å². The molecular weight excluding hydrogens is 171 g/mol. The van der Waals surface area contributed by atoms with Crippen molar-refractivity contribution in [2.75, 3.05) is 6.67 Å². The summed E-state index contributed by atoms with van der Waals surface area (Å²) in [6.45, 7) is -1.03. The lowest BCUT2D eigenvalue weighted by Crippen LogP contribution is -2.58. The van der Waals surface area contributed by atoms with Crippen molar-refractivity contribution >= 4 is 0 Å². The highest BCUT2D eigenvalue weighted by atomic mass is 19.1. The monoisotopic (exact) mass is 182 g/mol. The molecule has 5 nitrogen and oxygen atoms in total. The highest BCUT2D eigenvalue weighted by Crippen LogP contribution is 2.19. The summed E-state index contributed by atoms with van der Waals surface area (Å²) in [5.74, 6) is 0. The van der Waals surface area contributed by atoms with Gasteiger partial charge < -0.3 is 25.2 Å². The van der Waals surface area contributed by atoms with Crippen LogP contribution in [-0.4, -0.2) is 57.8 Å². The van der Waals surface area contributed by atoms with Crippen molar-refractivity contribution in [2.45, 2.75) is 30.7 Å². The van der Waals surface area contributed by atoms with Gasteiger partial charge in [0.25, 0.3) is 0 Å². The molecule has 12 heavy (non-hydrogen) atoms. The Bertz CT molecular complexity index is 150. The molecule has 72 valence electrons. The molecular formula is C6H11FO5. The Labute approximate surface area is 68.0 Å². The third-order valence-electron chi connectivity index (χ3n) is 1.84. The summed E-state index contributed by atoms with van der Waals surface area (Å²) in [5, 5.41) is 35.8. The van der Waals surface area contributed by atoms with Gasteiger partial charge in [-0.2, -0.15) is 0 Å². The van der Waals surface area contributed by atoms with Gasteiger partial charge in [-0.1, -0.05) is 0 Å². The summed E-state index contributed by atoms with van der Waals surface area (Å²) in [7, 11) is 0. The lowest BCUT2D eigenvalue weighted by molar-refractivity contribution is -0.283. The molecule has 1 aliphatic rings. The average Bonchev–Trinajstić information content (AvgIpc) is 2.08. The van der Waals surface area contributed by atoms with Gasteiger partial charge in [0.1, 0.15) is 31.1 Å². The van der Waals surface area contributed by atoms with Crippen LogP contribution in [-0.2, 0) is 4.74 Å². The molecule has 0 saturated carbocycles. The van der Waals surface area contributed by atoms with Crippen LogP contribution in [0.3, 0.4) is 0 Å². The van der Waals surface area contributed by atoms with E-state index in [0.717, 1.165) is 0 Å². The second kappa shape index (κ2) is 3.63. The summed E-state index contributed by atoms with van der Waals surface area (Å²) < 4.78 is 16.5. The summed E-state index contributed by atoms with van der Waals surface area (Å²) in [6.07, 6.45) is -7.60. The van der Waals surface area contributed by atoms with Gasteiger partial charge in [-0.05, 0) is 0 Å². The van der Waals surface area contributed by atoms with Gasteiger partial charge in [0.2, 0.25) is 0 Å².